The van der Waals surface area contributed by atoms with Gasteiger partial charge < -0.3 is 4.74 Å². The van der Waals surface area contributed by atoms with Gasteiger partial charge in [0.05, 0.1) is 6.21 Å². The Labute approximate surface area is 132 Å². The van der Waals surface area contributed by atoms with Crippen LogP contribution in [0.4, 0.5) is 0 Å². The third kappa shape index (κ3) is 4.62. The Balaban J connectivity index is 1.92. The van der Waals surface area contributed by atoms with Crippen molar-refractivity contribution in [3.05, 3.63) is 64.7 Å². The molecule has 0 aliphatic heterocycles. The minimum Gasteiger partial charge on any atom is -0.479 e. The zero-order valence-electron chi connectivity index (χ0n) is 11.5. The van der Waals surface area contributed by atoms with E-state index in [4.69, 9.17) is 21.6 Å². The minimum absolute atomic E-state index is 0.00310. The van der Waals surface area contributed by atoms with Crippen LogP contribution in [-0.4, -0.2) is 18.7 Å². The first-order chi connectivity index (χ1) is 10.7. The molecule has 0 fully saturated rings. The highest BCUT2D eigenvalue weighted by Gasteiger charge is 2.03. The summed E-state index contributed by atoms with van der Waals surface area (Å²) in [6.07, 6.45) is 1.51. The molecule has 0 saturated carbocycles. The van der Waals surface area contributed by atoms with Crippen molar-refractivity contribution in [2.75, 3.05) is 6.61 Å². The molecule has 0 atom stereocenters. The summed E-state index contributed by atoms with van der Waals surface area (Å²) in [4.78, 5) is 11.8. The van der Waals surface area contributed by atoms with Crippen molar-refractivity contribution < 1.29 is 9.53 Å². The average Bonchev–Trinajstić information content (AvgIpc) is 2.54. The van der Waals surface area contributed by atoms with Crippen LogP contribution in [0.3, 0.4) is 0 Å². The van der Waals surface area contributed by atoms with Gasteiger partial charge in [-0.3, -0.25) is 4.79 Å². The van der Waals surface area contributed by atoms with Crippen molar-refractivity contribution in [2.45, 2.75) is 0 Å². The molecule has 0 aliphatic carbocycles. The lowest BCUT2D eigenvalue weighted by Crippen LogP contribution is -2.17. The molecule has 5 nitrogen and oxygen atoms in total. The van der Waals surface area contributed by atoms with E-state index in [1.165, 1.54) is 6.21 Å². The summed E-state index contributed by atoms with van der Waals surface area (Å²) in [6, 6.07) is 15.5. The lowest BCUT2D eigenvalue weighted by molar-refractivity contribution is 0.0955. The van der Waals surface area contributed by atoms with Gasteiger partial charge in [0.1, 0.15) is 11.8 Å². The summed E-state index contributed by atoms with van der Waals surface area (Å²) < 4.78 is 5.13. The molecule has 2 aromatic rings. The number of carbonyl (C=O) groups excluding carboxylic acids is 1. The third-order valence-electron chi connectivity index (χ3n) is 2.65. The molecule has 0 aromatic heterocycles. The molecule has 6 heteroatoms. The number of ether oxygens (including phenoxy) is 1. The van der Waals surface area contributed by atoms with Crippen molar-refractivity contribution in [2.24, 2.45) is 5.10 Å². The highest BCUT2D eigenvalue weighted by atomic mass is 35.5. The van der Waals surface area contributed by atoms with Crippen molar-refractivity contribution in [1.29, 1.82) is 5.26 Å². The number of amides is 1. The first-order valence-corrected chi connectivity index (χ1v) is 6.75. The molecule has 0 radical (unpaired) electrons. The van der Waals surface area contributed by atoms with Crippen LogP contribution in [0.15, 0.2) is 53.6 Å². The fourth-order valence-electron chi connectivity index (χ4n) is 1.63. The van der Waals surface area contributed by atoms with E-state index >= 15 is 0 Å². The molecule has 22 heavy (non-hydrogen) atoms. The van der Waals surface area contributed by atoms with Gasteiger partial charge in [-0.1, -0.05) is 17.7 Å². The molecule has 0 bridgehead atoms. The van der Waals surface area contributed by atoms with Gasteiger partial charge in [-0.05, 0) is 48.0 Å². The van der Waals surface area contributed by atoms with Crippen molar-refractivity contribution in [3.63, 3.8) is 0 Å². The summed E-state index contributed by atoms with van der Waals surface area (Å²) in [5.41, 5.74) is 3.64. The predicted octanol–water partition coefficient (Wildman–Crippen LogP) is 3.01. The zero-order chi connectivity index (χ0) is 15.8. The topological polar surface area (TPSA) is 74.5 Å². The molecule has 1 N–H and O–H groups in total. The summed E-state index contributed by atoms with van der Waals surface area (Å²) in [7, 11) is 0. The van der Waals surface area contributed by atoms with Crippen LogP contribution in [0.5, 0.6) is 5.75 Å². The Kier molecular flexibility index (Phi) is 5.52. The number of carbonyl (C=O) groups is 1. The maximum absolute atomic E-state index is 11.8. The fraction of sp³-hybridized carbons (Fsp3) is 0.0625. The smallest absolute Gasteiger partial charge is 0.271 e. The monoisotopic (exact) mass is 313 g/mol. The van der Waals surface area contributed by atoms with E-state index in [0.29, 0.717) is 16.3 Å². The van der Waals surface area contributed by atoms with Crippen LogP contribution in [0, 0.1) is 11.3 Å². The van der Waals surface area contributed by atoms with Crippen molar-refractivity contribution in [3.8, 4) is 11.8 Å². The molecule has 2 rings (SSSR count). The molecule has 0 heterocycles. The van der Waals surface area contributed by atoms with Crippen LogP contribution in [0.2, 0.25) is 5.02 Å². The van der Waals surface area contributed by atoms with Gasteiger partial charge >= 0.3 is 0 Å². The first kappa shape index (κ1) is 15.5. The van der Waals surface area contributed by atoms with E-state index in [9.17, 15) is 4.79 Å². The number of hydrogen-bond acceptors (Lipinski definition) is 4. The van der Waals surface area contributed by atoms with E-state index in [0.717, 1.165) is 5.56 Å². The maximum atomic E-state index is 11.8. The second-order valence-electron chi connectivity index (χ2n) is 4.23. The number of nitrogens with zero attached hydrogens (tertiary/aromatic N) is 2. The van der Waals surface area contributed by atoms with E-state index in [2.05, 4.69) is 10.5 Å². The molecular formula is C16H12ClN3O2. The minimum atomic E-state index is -0.340. The zero-order valence-corrected chi connectivity index (χ0v) is 12.2. The van der Waals surface area contributed by atoms with Crippen LogP contribution in [-0.2, 0) is 0 Å². The van der Waals surface area contributed by atoms with Crippen molar-refractivity contribution in [1.82, 2.24) is 5.43 Å². The highest BCUT2D eigenvalue weighted by Crippen LogP contribution is 2.11. The lowest BCUT2D eigenvalue weighted by Gasteiger charge is -2.02. The van der Waals surface area contributed by atoms with Gasteiger partial charge in [0.25, 0.3) is 5.91 Å². The molecular weight excluding hydrogens is 302 g/mol. The quantitative estimate of drug-likeness (QED) is 0.681. The number of halogens is 1. The molecule has 0 saturated heterocycles. The Morgan fingerprint density at radius 3 is 2.77 bits per heavy atom. The van der Waals surface area contributed by atoms with Crippen molar-refractivity contribution >= 4 is 23.7 Å². The molecule has 0 aliphatic rings. The normalized spacial score (nSPS) is 10.2. The summed E-state index contributed by atoms with van der Waals surface area (Å²) in [5.74, 6) is 0.259. The maximum Gasteiger partial charge on any atom is 0.271 e. The van der Waals surface area contributed by atoms with Gasteiger partial charge in [0.2, 0.25) is 0 Å². The Hall–Kier alpha value is -2.84. The third-order valence-corrected chi connectivity index (χ3v) is 2.89. The number of nitriles is 1. The van der Waals surface area contributed by atoms with Gasteiger partial charge in [0, 0.05) is 10.6 Å². The second-order valence-corrected chi connectivity index (χ2v) is 4.66. The van der Waals surface area contributed by atoms with Crippen LogP contribution in [0.25, 0.3) is 0 Å². The lowest BCUT2D eigenvalue weighted by atomic mass is 10.2. The number of benzene rings is 2. The number of hydrazone groups is 1. The molecule has 110 valence electrons. The molecule has 1 amide bonds. The van der Waals surface area contributed by atoms with E-state index in [1.54, 1.807) is 48.5 Å². The SMILES string of the molecule is N#CCOc1ccc(/C=N\NC(=O)c2cccc(Cl)c2)cc1. The molecule has 0 unspecified atom stereocenters. The standard InChI is InChI=1S/C16H12ClN3O2/c17-14-3-1-2-13(10-14)16(21)20-19-11-12-4-6-15(7-5-12)22-9-8-18/h1-7,10-11H,9H2,(H,20,21)/b19-11-. The molecule has 0 spiro atoms. The van der Waals surface area contributed by atoms with Gasteiger partial charge in [-0.2, -0.15) is 10.4 Å². The Morgan fingerprint density at radius 2 is 2.09 bits per heavy atom. The molecule has 2 aromatic carbocycles. The van der Waals surface area contributed by atoms with E-state index in [1.807, 2.05) is 6.07 Å². The van der Waals surface area contributed by atoms with Crippen LogP contribution < -0.4 is 10.2 Å². The Bertz CT molecular complexity index is 721. The largest absolute Gasteiger partial charge is 0.479 e. The van der Waals surface area contributed by atoms with E-state index in [-0.39, 0.29) is 12.5 Å². The van der Waals surface area contributed by atoms with Crippen LogP contribution >= 0.6 is 11.6 Å². The summed E-state index contributed by atoms with van der Waals surface area (Å²) >= 11 is 5.82. The number of hydrogen-bond donors (Lipinski definition) is 1. The first-order valence-electron chi connectivity index (χ1n) is 6.38. The van der Waals surface area contributed by atoms with Gasteiger partial charge in [-0.15, -0.1) is 0 Å². The number of rotatable bonds is 5. The van der Waals surface area contributed by atoms with E-state index < -0.39 is 0 Å². The predicted molar refractivity (Wildman–Crippen MR) is 84.1 cm³/mol. The fourth-order valence-corrected chi connectivity index (χ4v) is 1.82. The average molecular weight is 314 g/mol. The summed E-state index contributed by atoms with van der Waals surface area (Å²) in [6.45, 7) is 0.00310. The van der Waals surface area contributed by atoms with Gasteiger partial charge in [-0.25, -0.2) is 5.43 Å². The van der Waals surface area contributed by atoms with Crippen LogP contribution in [0.1, 0.15) is 15.9 Å². The summed E-state index contributed by atoms with van der Waals surface area (Å²) in [5, 5.41) is 12.8. The van der Waals surface area contributed by atoms with Gasteiger partial charge in [0.15, 0.2) is 6.61 Å². The highest BCUT2D eigenvalue weighted by molar-refractivity contribution is 6.30. The Morgan fingerprint density at radius 1 is 1.32 bits per heavy atom. The second kappa shape index (κ2) is 7.81. The number of nitrogens with one attached hydrogen (secondary N) is 1.